The highest BCUT2D eigenvalue weighted by Gasteiger charge is 2.43. The van der Waals surface area contributed by atoms with E-state index in [9.17, 15) is 9.18 Å². The number of ether oxygens (including phenoxy) is 1. The zero-order valence-electron chi connectivity index (χ0n) is 16.2. The summed E-state index contributed by atoms with van der Waals surface area (Å²) in [6.07, 6.45) is 5.06. The zero-order chi connectivity index (χ0) is 20.9. The molecular formula is C19H21ClFN7O2. The monoisotopic (exact) mass is 433 g/mol. The molecule has 0 spiro atoms. The number of aromatic nitrogens is 5. The van der Waals surface area contributed by atoms with Crippen molar-refractivity contribution in [2.24, 2.45) is 0 Å². The molecule has 30 heavy (non-hydrogen) atoms. The smallest absolute Gasteiger partial charge is 0.407 e. The minimum absolute atomic E-state index is 0.194. The van der Waals surface area contributed by atoms with Crippen LogP contribution in [0.1, 0.15) is 44.2 Å². The molecule has 2 aliphatic rings. The summed E-state index contributed by atoms with van der Waals surface area (Å²) in [6, 6.07) is 1.74. The van der Waals surface area contributed by atoms with E-state index in [1.54, 1.807) is 23.0 Å². The van der Waals surface area contributed by atoms with Gasteiger partial charge in [-0.05, 0) is 32.6 Å². The van der Waals surface area contributed by atoms with Gasteiger partial charge < -0.3 is 15.4 Å². The lowest BCUT2D eigenvalue weighted by molar-refractivity contribution is 0.0546. The van der Waals surface area contributed by atoms with Crippen LogP contribution in [0.3, 0.4) is 0 Å². The third kappa shape index (κ3) is 3.55. The Morgan fingerprint density at radius 2 is 2.27 bits per heavy atom. The third-order valence-corrected chi connectivity index (χ3v) is 6.07. The number of amides is 1. The Morgan fingerprint density at radius 3 is 3.07 bits per heavy atom. The second-order valence-corrected chi connectivity index (χ2v) is 8.56. The van der Waals surface area contributed by atoms with Crippen LogP contribution in [0.2, 0.25) is 5.02 Å². The number of anilines is 2. The van der Waals surface area contributed by atoms with E-state index in [1.807, 2.05) is 6.92 Å². The van der Waals surface area contributed by atoms with Crippen LogP contribution in [0.15, 0.2) is 24.7 Å². The van der Waals surface area contributed by atoms with Gasteiger partial charge in [-0.2, -0.15) is 10.2 Å². The summed E-state index contributed by atoms with van der Waals surface area (Å²) in [5, 5.41) is 17.6. The number of nitrogens with zero attached hydrogens (tertiary/aromatic N) is 4. The summed E-state index contributed by atoms with van der Waals surface area (Å²) in [4.78, 5) is 16.3. The van der Waals surface area contributed by atoms with E-state index in [2.05, 4.69) is 30.9 Å². The Kier molecular flexibility index (Phi) is 4.53. The first-order valence-electron chi connectivity index (χ1n) is 9.85. The highest BCUT2D eigenvalue weighted by atomic mass is 35.5. The molecule has 0 radical (unpaired) electrons. The predicted octanol–water partition coefficient (Wildman–Crippen LogP) is 3.71. The van der Waals surface area contributed by atoms with E-state index in [4.69, 9.17) is 16.3 Å². The van der Waals surface area contributed by atoms with Crippen LogP contribution >= 0.6 is 11.6 Å². The first-order valence-corrected chi connectivity index (χ1v) is 10.2. The SMILES string of the molecule is CC1(NC(=O)O[C@H]2CC[C@@H](c3cc(Nc4nccn5ncc(Cl)c45)n[nH]3)[C@@H]2F)CC1. The third-order valence-electron chi connectivity index (χ3n) is 5.79. The number of aromatic amines is 1. The molecular weight excluding hydrogens is 413 g/mol. The number of carbonyl (C=O) groups excluding carboxylic acids is 1. The quantitative estimate of drug-likeness (QED) is 0.566. The number of nitrogens with one attached hydrogen (secondary N) is 3. The van der Waals surface area contributed by atoms with Crippen LogP contribution in [-0.4, -0.2) is 48.7 Å². The molecule has 0 unspecified atom stereocenters. The summed E-state index contributed by atoms with van der Waals surface area (Å²) in [5.41, 5.74) is 1.06. The number of hydrogen-bond acceptors (Lipinski definition) is 6. The number of alkyl halides is 1. The van der Waals surface area contributed by atoms with E-state index in [0.29, 0.717) is 40.7 Å². The molecule has 2 fully saturated rings. The highest BCUT2D eigenvalue weighted by Crippen LogP contribution is 2.39. The molecule has 2 aliphatic carbocycles. The Hall–Kier alpha value is -2.88. The molecule has 3 atom stereocenters. The first kappa shape index (κ1) is 19.1. The highest BCUT2D eigenvalue weighted by molar-refractivity contribution is 6.34. The van der Waals surface area contributed by atoms with Crippen molar-refractivity contribution in [3.05, 3.63) is 35.4 Å². The summed E-state index contributed by atoms with van der Waals surface area (Å²) >= 11 is 6.19. The summed E-state index contributed by atoms with van der Waals surface area (Å²) in [5.74, 6) is 0.552. The van der Waals surface area contributed by atoms with Gasteiger partial charge in [0.25, 0.3) is 0 Å². The summed E-state index contributed by atoms with van der Waals surface area (Å²) in [6.45, 7) is 1.95. The maximum Gasteiger partial charge on any atom is 0.407 e. The Labute approximate surface area is 176 Å². The van der Waals surface area contributed by atoms with Crippen LogP contribution in [0.4, 0.5) is 20.8 Å². The lowest BCUT2D eigenvalue weighted by atomic mass is 10.0. The topological polar surface area (TPSA) is 109 Å². The van der Waals surface area contributed by atoms with Gasteiger partial charge in [0, 0.05) is 35.6 Å². The van der Waals surface area contributed by atoms with Crippen molar-refractivity contribution in [3.63, 3.8) is 0 Å². The van der Waals surface area contributed by atoms with E-state index < -0.39 is 24.3 Å². The van der Waals surface area contributed by atoms with Crippen LogP contribution in [-0.2, 0) is 4.74 Å². The number of rotatable bonds is 5. The van der Waals surface area contributed by atoms with E-state index in [0.717, 1.165) is 12.8 Å². The van der Waals surface area contributed by atoms with Gasteiger partial charge >= 0.3 is 6.09 Å². The molecule has 3 aromatic heterocycles. The molecule has 3 heterocycles. The van der Waals surface area contributed by atoms with Gasteiger partial charge in [0.05, 0.1) is 11.2 Å². The molecule has 1 amide bonds. The van der Waals surface area contributed by atoms with E-state index >= 15 is 0 Å². The van der Waals surface area contributed by atoms with Crippen LogP contribution in [0.5, 0.6) is 0 Å². The molecule has 0 bridgehead atoms. The fourth-order valence-electron chi connectivity index (χ4n) is 3.81. The second-order valence-electron chi connectivity index (χ2n) is 8.15. The molecule has 5 rings (SSSR count). The molecule has 3 aromatic rings. The van der Waals surface area contributed by atoms with Crippen molar-refractivity contribution in [3.8, 4) is 0 Å². The average molecular weight is 434 g/mol. The number of halogens is 2. The Morgan fingerprint density at radius 1 is 1.43 bits per heavy atom. The van der Waals surface area contributed by atoms with Gasteiger partial charge in [0.2, 0.25) is 0 Å². The fraction of sp³-hybridized carbons (Fsp3) is 0.474. The zero-order valence-corrected chi connectivity index (χ0v) is 17.0. The molecule has 11 heteroatoms. The Bertz CT molecular complexity index is 1100. The van der Waals surface area contributed by atoms with Gasteiger partial charge in [0.1, 0.15) is 17.8 Å². The molecule has 0 saturated heterocycles. The van der Waals surface area contributed by atoms with Crippen molar-refractivity contribution in [1.82, 2.24) is 30.1 Å². The van der Waals surface area contributed by atoms with Gasteiger partial charge in [-0.3, -0.25) is 5.10 Å². The number of carbonyl (C=O) groups is 1. The van der Waals surface area contributed by atoms with Crippen molar-refractivity contribution in [1.29, 1.82) is 0 Å². The van der Waals surface area contributed by atoms with Crippen LogP contribution in [0.25, 0.3) is 5.52 Å². The molecule has 9 nitrogen and oxygen atoms in total. The minimum Gasteiger partial charge on any atom is -0.443 e. The van der Waals surface area contributed by atoms with Gasteiger partial charge in [-0.15, -0.1) is 0 Å². The lowest BCUT2D eigenvalue weighted by Gasteiger charge is -2.19. The maximum absolute atomic E-state index is 15.0. The fourth-order valence-corrected chi connectivity index (χ4v) is 4.03. The molecule has 3 N–H and O–H groups in total. The van der Waals surface area contributed by atoms with E-state index in [1.165, 1.54) is 6.20 Å². The van der Waals surface area contributed by atoms with Crippen LogP contribution < -0.4 is 10.6 Å². The Balaban J connectivity index is 1.26. The van der Waals surface area contributed by atoms with Crippen molar-refractivity contribution in [2.45, 2.75) is 56.3 Å². The van der Waals surface area contributed by atoms with Gasteiger partial charge in [-0.25, -0.2) is 18.7 Å². The normalized spacial score (nSPS) is 24.7. The number of alkyl carbamates (subject to hydrolysis) is 1. The standard InChI is InChI=1S/C19H21ClFN7O2/c1-19(4-5-19)25-18(29)30-13-3-2-10(15(13)21)12-8-14(27-26-12)24-17-16-11(20)9-23-28(16)7-6-22-17/h6-10,13,15H,2-5H2,1H3,(H,25,29)(H2,22,24,26,27)/t10-,13-,15-/m0/s1. The predicted molar refractivity (Wildman–Crippen MR) is 108 cm³/mol. The molecule has 0 aromatic carbocycles. The van der Waals surface area contributed by atoms with Gasteiger partial charge in [0.15, 0.2) is 11.6 Å². The minimum atomic E-state index is -1.30. The van der Waals surface area contributed by atoms with Gasteiger partial charge in [-0.1, -0.05) is 11.6 Å². The number of fused-ring (bicyclic) bond motifs is 1. The molecule has 2 saturated carbocycles. The van der Waals surface area contributed by atoms with Crippen molar-refractivity contribution < 1.29 is 13.9 Å². The van der Waals surface area contributed by atoms with Crippen molar-refractivity contribution in [2.75, 3.05) is 5.32 Å². The van der Waals surface area contributed by atoms with E-state index in [-0.39, 0.29) is 5.54 Å². The summed E-state index contributed by atoms with van der Waals surface area (Å²) in [7, 11) is 0. The number of H-pyrrole nitrogens is 1. The lowest BCUT2D eigenvalue weighted by Crippen LogP contribution is -2.38. The first-order chi connectivity index (χ1) is 14.4. The second kappa shape index (κ2) is 7.12. The average Bonchev–Trinajstić information content (AvgIpc) is 3.03. The van der Waals surface area contributed by atoms with Crippen LogP contribution in [0, 0.1) is 0 Å². The molecule has 0 aliphatic heterocycles. The largest absolute Gasteiger partial charge is 0.443 e. The molecule has 158 valence electrons. The maximum atomic E-state index is 15.0. The van der Waals surface area contributed by atoms with Crippen molar-refractivity contribution >= 4 is 34.8 Å². The summed E-state index contributed by atoms with van der Waals surface area (Å²) < 4.78 is 21.9. The number of hydrogen-bond donors (Lipinski definition) is 3.